The van der Waals surface area contributed by atoms with Crippen LogP contribution in [0.2, 0.25) is 0 Å². The first kappa shape index (κ1) is 9.95. The van der Waals surface area contributed by atoms with Crippen molar-refractivity contribution in [2.24, 2.45) is 23.7 Å². The number of carbonyl (C=O) groups excluding carboxylic acids is 1. The van der Waals surface area contributed by atoms with Gasteiger partial charge in [0, 0.05) is 5.92 Å². The van der Waals surface area contributed by atoms with E-state index < -0.39 is 0 Å². The van der Waals surface area contributed by atoms with E-state index in [1.54, 1.807) is 0 Å². The normalized spacial score (nSPS) is 46.9. The summed E-state index contributed by atoms with van der Waals surface area (Å²) in [7, 11) is 0. The molecule has 3 heteroatoms. The van der Waals surface area contributed by atoms with Gasteiger partial charge in [0.15, 0.2) is 0 Å². The van der Waals surface area contributed by atoms with E-state index in [9.17, 15) is 4.79 Å². The Hall–Kier alpha value is -0.240. The zero-order valence-electron chi connectivity index (χ0n) is 8.82. The molecule has 4 unspecified atom stereocenters. The molecule has 0 spiro atoms. The summed E-state index contributed by atoms with van der Waals surface area (Å²) < 4.78 is 5.46. The monoisotopic (exact) mass is 228 g/mol. The molecule has 2 nitrogen and oxygen atoms in total. The van der Waals surface area contributed by atoms with Gasteiger partial charge in [-0.25, -0.2) is 0 Å². The summed E-state index contributed by atoms with van der Waals surface area (Å²) in [6.45, 7) is 0. The minimum Gasteiger partial charge on any atom is -0.461 e. The average molecular weight is 229 g/mol. The summed E-state index contributed by atoms with van der Waals surface area (Å²) in [4.78, 5) is 11.2. The van der Waals surface area contributed by atoms with Crippen molar-refractivity contribution in [3.05, 3.63) is 0 Å². The third kappa shape index (κ3) is 1.49. The smallest absolute Gasteiger partial charge is 0.321 e. The van der Waals surface area contributed by atoms with E-state index in [4.69, 9.17) is 16.3 Å². The lowest BCUT2D eigenvalue weighted by atomic mass is 9.81. The molecular weight excluding hydrogens is 212 g/mol. The van der Waals surface area contributed by atoms with Gasteiger partial charge in [-0.1, -0.05) is 0 Å². The van der Waals surface area contributed by atoms with Crippen molar-refractivity contribution in [1.82, 2.24) is 0 Å². The van der Waals surface area contributed by atoms with Crippen LogP contribution in [0.3, 0.4) is 0 Å². The summed E-state index contributed by atoms with van der Waals surface area (Å²) in [6, 6.07) is 0. The quantitative estimate of drug-likeness (QED) is 0.537. The molecule has 3 saturated carbocycles. The molecule has 3 fully saturated rings. The molecule has 5 atom stereocenters. The average Bonchev–Trinajstić information content (AvgIpc) is 2.89. The first-order valence-corrected chi connectivity index (χ1v) is 6.58. The Morgan fingerprint density at radius 1 is 1.20 bits per heavy atom. The zero-order chi connectivity index (χ0) is 10.4. The van der Waals surface area contributed by atoms with Crippen molar-refractivity contribution in [3.8, 4) is 0 Å². The first-order chi connectivity index (χ1) is 7.29. The standard InChI is InChI=1S/C12H17ClO2/c13-6-11(14)15-10-4-3-9-7-1-2-8(5-7)12(9)10/h7-10,12H,1-6H2/t7?,8?,9?,10-,12?/m1/s1. The second-order valence-corrected chi connectivity index (χ2v) is 5.58. The lowest BCUT2D eigenvalue weighted by Gasteiger charge is -2.28. The van der Waals surface area contributed by atoms with Gasteiger partial charge in [-0.05, 0) is 49.9 Å². The van der Waals surface area contributed by atoms with Gasteiger partial charge in [-0.2, -0.15) is 0 Å². The molecule has 0 amide bonds. The molecule has 0 heterocycles. The van der Waals surface area contributed by atoms with Crippen LogP contribution in [0.25, 0.3) is 0 Å². The van der Waals surface area contributed by atoms with Crippen LogP contribution in [0, 0.1) is 23.7 Å². The third-order valence-corrected chi connectivity index (χ3v) is 4.98. The highest BCUT2D eigenvalue weighted by Crippen LogP contribution is 2.59. The SMILES string of the molecule is O=C(CCl)O[C@@H]1CCC2C3CCC(C3)C21. The Balaban J connectivity index is 1.70. The van der Waals surface area contributed by atoms with Crippen LogP contribution >= 0.6 is 11.6 Å². The number of ether oxygens (including phenoxy) is 1. The highest BCUT2D eigenvalue weighted by molar-refractivity contribution is 6.26. The summed E-state index contributed by atoms with van der Waals surface area (Å²) >= 11 is 5.48. The molecule has 15 heavy (non-hydrogen) atoms. The fraction of sp³-hybridized carbons (Fsp3) is 0.917. The number of fused-ring (bicyclic) bond motifs is 5. The minimum atomic E-state index is -0.231. The van der Waals surface area contributed by atoms with E-state index in [-0.39, 0.29) is 18.0 Å². The predicted octanol–water partition coefficient (Wildman–Crippen LogP) is 2.59. The van der Waals surface area contributed by atoms with Crippen molar-refractivity contribution >= 4 is 17.6 Å². The highest BCUT2D eigenvalue weighted by atomic mass is 35.5. The van der Waals surface area contributed by atoms with Crippen LogP contribution in [-0.4, -0.2) is 18.0 Å². The van der Waals surface area contributed by atoms with Gasteiger partial charge in [0.1, 0.15) is 12.0 Å². The van der Waals surface area contributed by atoms with Gasteiger partial charge in [0.25, 0.3) is 0 Å². The Morgan fingerprint density at radius 2 is 2.00 bits per heavy atom. The molecule has 0 aromatic rings. The second-order valence-electron chi connectivity index (χ2n) is 5.31. The van der Waals surface area contributed by atoms with E-state index in [0.717, 1.165) is 24.2 Å². The van der Waals surface area contributed by atoms with Gasteiger partial charge in [-0.15, -0.1) is 11.6 Å². The van der Waals surface area contributed by atoms with Gasteiger partial charge in [0.05, 0.1) is 0 Å². The van der Waals surface area contributed by atoms with Crippen LogP contribution in [0.4, 0.5) is 0 Å². The molecule has 3 aliphatic rings. The summed E-state index contributed by atoms with van der Waals surface area (Å²) in [5, 5.41) is 0. The van der Waals surface area contributed by atoms with Crippen molar-refractivity contribution in [3.63, 3.8) is 0 Å². The molecule has 0 N–H and O–H groups in total. The molecule has 0 saturated heterocycles. The van der Waals surface area contributed by atoms with E-state index in [0.29, 0.717) is 5.92 Å². The van der Waals surface area contributed by atoms with Crippen LogP contribution < -0.4 is 0 Å². The molecular formula is C12H17ClO2. The topological polar surface area (TPSA) is 26.3 Å². The Bertz CT molecular complexity index is 279. The molecule has 0 radical (unpaired) electrons. The summed E-state index contributed by atoms with van der Waals surface area (Å²) in [5.41, 5.74) is 0. The van der Waals surface area contributed by atoms with Crippen LogP contribution in [0.1, 0.15) is 32.1 Å². The number of hydrogen-bond donors (Lipinski definition) is 0. The summed E-state index contributed by atoms with van der Waals surface area (Å²) in [5.74, 6) is 3.09. The lowest BCUT2D eigenvalue weighted by Crippen LogP contribution is -2.29. The van der Waals surface area contributed by atoms with E-state index in [2.05, 4.69) is 0 Å². The largest absolute Gasteiger partial charge is 0.461 e. The number of alkyl halides is 1. The lowest BCUT2D eigenvalue weighted by molar-refractivity contribution is -0.148. The molecule has 2 bridgehead atoms. The maximum Gasteiger partial charge on any atom is 0.321 e. The van der Waals surface area contributed by atoms with Gasteiger partial charge in [0.2, 0.25) is 0 Å². The zero-order valence-corrected chi connectivity index (χ0v) is 9.58. The van der Waals surface area contributed by atoms with E-state index >= 15 is 0 Å². The highest BCUT2D eigenvalue weighted by Gasteiger charge is 2.54. The van der Waals surface area contributed by atoms with Gasteiger partial charge < -0.3 is 4.74 Å². The second kappa shape index (κ2) is 3.65. The number of halogens is 1. The van der Waals surface area contributed by atoms with Crippen LogP contribution in [0.5, 0.6) is 0 Å². The van der Waals surface area contributed by atoms with Crippen LogP contribution in [-0.2, 0) is 9.53 Å². The Labute approximate surface area is 95.3 Å². The summed E-state index contributed by atoms with van der Waals surface area (Å²) in [6.07, 6.45) is 6.71. The minimum absolute atomic E-state index is 0.00197. The number of esters is 1. The molecule has 0 aliphatic heterocycles. The van der Waals surface area contributed by atoms with E-state index in [1.165, 1.54) is 25.7 Å². The Kier molecular flexibility index (Phi) is 2.42. The van der Waals surface area contributed by atoms with Gasteiger partial charge in [-0.3, -0.25) is 4.79 Å². The first-order valence-electron chi connectivity index (χ1n) is 6.05. The fourth-order valence-corrected chi connectivity index (χ4v) is 4.41. The number of carbonyl (C=O) groups is 1. The van der Waals surface area contributed by atoms with Crippen LogP contribution in [0.15, 0.2) is 0 Å². The molecule has 0 aromatic heterocycles. The predicted molar refractivity (Wildman–Crippen MR) is 57.6 cm³/mol. The number of rotatable bonds is 2. The maximum absolute atomic E-state index is 11.2. The molecule has 84 valence electrons. The molecule has 3 rings (SSSR count). The third-order valence-electron chi connectivity index (χ3n) is 4.76. The van der Waals surface area contributed by atoms with E-state index in [1.807, 2.05) is 0 Å². The van der Waals surface area contributed by atoms with Crippen molar-refractivity contribution in [1.29, 1.82) is 0 Å². The van der Waals surface area contributed by atoms with Crippen molar-refractivity contribution in [2.45, 2.75) is 38.2 Å². The fourth-order valence-electron chi connectivity index (χ4n) is 4.35. The van der Waals surface area contributed by atoms with Gasteiger partial charge >= 0.3 is 5.97 Å². The number of hydrogen-bond acceptors (Lipinski definition) is 2. The Morgan fingerprint density at radius 3 is 2.80 bits per heavy atom. The maximum atomic E-state index is 11.2. The molecule has 3 aliphatic carbocycles. The van der Waals surface area contributed by atoms with Crippen molar-refractivity contribution in [2.75, 3.05) is 5.88 Å². The van der Waals surface area contributed by atoms with Crippen molar-refractivity contribution < 1.29 is 9.53 Å². The molecule has 0 aromatic carbocycles.